The predicted molar refractivity (Wildman–Crippen MR) is 63.1 cm³/mol. The molecule has 1 aromatic rings. The Hall–Kier alpha value is -1.72. The van der Waals surface area contributed by atoms with Gasteiger partial charge in [-0.3, -0.25) is 4.79 Å². The van der Waals surface area contributed by atoms with E-state index in [1.54, 1.807) is 24.3 Å². The minimum Gasteiger partial charge on any atom is -0.497 e. The molecule has 0 spiro atoms. The molecule has 0 aliphatic carbocycles. The van der Waals surface area contributed by atoms with Gasteiger partial charge in [-0.05, 0) is 30.5 Å². The van der Waals surface area contributed by atoms with Crippen molar-refractivity contribution in [2.75, 3.05) is 7.11 Å². The molecule has 0 bridgehead atoms. The molecule has 0 heterocycles. The highest BCUT2D eigenvalue weighted by molar-refractivity contribution is 5.70. The molecule has 19 heavy (non-hydrogen) atoms. The van der Waals surface area contributed by atoms with Crippen molar-refractivity contribution in [3.8, 4) is 5.75 Å². The number of aryl methyl sites for hydroxylation is 1. The summed E-state index contributed by atoms with van der Waals surface area (Å²) in [6, 6.07) is 6.85. The molecule has 0 fully saturated rings. The average molecular weight is 276 g/mol. The van der Waals surface area contributed by atoms with Crippen LogP contribution in [0.5, 0.6) is 5.75 Å². The van der Waals surface area contributed by atoms with Gasteiger partial charge in [-0.15, -0.1) is 0 Å². The number of methoxy groups -OCH3 is 1. The van der Waals surface area contributed by atoms with Crippen LogP contribution in [0.2, 0.25) is 0 Å². The molecule has 106 valence electrons. The van der Waals surface area contributed by atoms with Gasteiger partial charge < -0.3 is 9.84 Å². The molecule has 0 radical (unpaired) electrons. The van der Waals surface area contributed by atoms with Crippen molar-refractivity contribution in [3.05, 3.63) is 29.8 Å². The molecule has 1 atom stereocenters. The van der Waals surface area contributed by atoms with E-state index in [1.807, 2.05) is 0 Å². The van der Waals surface area contributed by atoms with Gasteiger partial charge in [0.2, 0.25) is 0 Å². The summed E-state index contributed by atoms with van der Waals surface area (Å²) in [5.41, 5.74) is 0.757. The van der Waals surface area contributed by atoms with Crippen LogP contribution in [0, 0.1) is 5.92 Å². The highest BCUT2D eigenvalue weighted by Crippen LogP contribution is 2.28. The molecule has 0 saturated carbocycles. The summed E-state index contributed by atoms with van der Waals surface area (Å²) in [4.78, 5) is 10.8. The monoisotopic (exact) mass is 276 g/mol. The molecule has 1 rings (SSSR count). The Morgan fingerprint density at radius 2 is 2.11 bits per heavy atom. The lowest BCUT2D eigenvalue weighted by Crippen LogP contribution is -2.22. The maximum Gasteiger partial charge on any atom is 0.389 e. The first-order valence-corrected chi connectivity index (χ1v) is 5.74. The van der Waals surface area contributed by atoms with Crippen molar-refractivity contribution in [1.82, 2.24) is 0 Å². The fraction of sp³-hybridized carbons (Fsp3) is 0.462. The third-order valence-electron chi connectivity index (χ3n) is 2.74. The number of hydrogen-bond acceptors (Lipinski definition) is 2. The number of alkyl halides is 3. The van der Waals surface area contributed by atoms with E-state index in [-0.39, 0.29) is 12.8 Å². The Kier molecular flexibility index (Phi) is 5.20. The maximum absolute atomic E-state index is 12.2. The SMILES string of the molecule is COc1cccc(CCC(CC(F)(F)F)C(=O)O)c1. The standard InChI is InChI=1S/C13H15F3O3/c1-19-11-4-2-3-9(7-11)5-6-10(12(17)18)8-13(14,15)16/h2-4,7,10H,5-6,8H2,1H3,(H,17,18). The fourth-order valence-electron chi connectivity index (χ4n) is 1.76. The van der Waals surface area contributed by atoms with Gasteiger partial charge in [-0.2, -0.15) is 13.2 Å². The molecule has 1 unspecified atom stereocenters. The Morgan fingerprint density at radius 1 is 1.42 bits per heavy atom. The number of hydrogen-bond donors (Lipinski definition) is 1. The van der Waals surface area contributed by atoms with E-state index in [4.69, 9.17) is 9.84 Å². The van der Waals surface area contributed by atoms with Crippen LogP contribution in [-0.4, -0.2) is 24.4 Å². The van der Waals surface area contributed by atoms with Crippen molar-refractivity contribution >= 4 is 5.97 Å². The Bertz CT molecular complexity index is 429. The molecule has 1 aromatic carbocycles. The number of ether oxygens (including phenoxy) is 1. The molecule has 0 aliphatic heterocycles. The summed E-state index contributed by atoms with van der Waals surface area (Å²) in [6.07, 6.45) is -5.55. The molecule has 0 saturated heterocycles. The first-order chi connectivity index (χ1) is 8.81. The molecule has 1 N–H and O–H groups in total. The third kappa shape index (κ3) is 5.63. The van der Waals surface area contributed by atoms with Gasteiger partial charge in [0, 0.05) is 0 Å². The van der Waals surface area contributed by atoms with E-state index in [9.17, 15) is 18.0 Å². The first kappa shape index (κ1) is 15.3. The molecule has 3 nitrogen and oxygen atoms in total. The maximum atomic E-state index is 12.2. The van der Waals surface area contributed by atoms with Crippen LogP contribution in [0.3, 0.4) is 0 Å². The molecular formula is C13H15F3O3. The number of carboxylic acids is 1. The summed E-state index contributed by atoms with van der Waals surface area (Å²) in [6.45, 7) is 0. The summed E-state index contributed by atoms with van der Waals surface area (Å²) >= 11 is 0. The van der Waals surface area contributed by atoms with E-state index in [1.165, 1.54) is 7.11 Å². The highest BCUT2D eigenvalue weighted by atomic mass is 19.4. The van der Waals surface area contributed by atoms with Gasteiger partial charge in [0.15, 0.2) is 0 Å². The fourth-order valence-corrected chi connectivity index (χ4v) is 1.76. The summed E-state index contributed by atoms with van der Waals surface area (Å²) in [5, 5.41) is 8.79. The largest absolute Gasteiger partial charge is 0.497 e. The van der Waals surface area contributed by atoms with Crippen LogP contribution in [-0.2, 0) is 11.2 Å². The Labute approximate surface area is 109 Å². The number of benzene rings is 1. The van der Waals surface area contributed by atoms with Crippen molar-refractivity contribution in [2.45, 2.75) is 25.4 Å². The quantitative estimate of drug-likeness (QED) is 0.867. The van der Waals surface area contributed by atoms with Crippen molar-refractivity contribution in [3.63, 3.8) is 0 Å². The van der Waals surface area contributed by atoms with E-state index in [2.05, 4.69) is 0 Å². The molecule has 0 amide bonds. The Balaban J connectivity index is 2.63. The minimum atomic E-state index is -4.46. The zero-order valence-electron chi connectivity index (χ0n) is 10.4. The van der Waals surface area contributed by atoms with Gasteiger partial charge in [0.1, 0.15) is 5.75 Å². The molecule has 6 heteroatoms. The smallest absolute Gasteiger partial charge is 0.389 e. The normalized spacial score (nSPS) is 13.1. The van der Waals surface area contributed by atoms with E-state index < -0.39 is 24.5 Å². The predicted octanol–water partition coefficient (Wildman–Crippen LogP) is 3.28. The zero-order chi connectivity index (χ0) is 14.5. The summed E-state index contributed by atoms with van der Waals surface area (Å²) in [7, 11) is 1.49. The van der Waals surface area contributed by atoms with Gasteiger partial charge in [-0.1, -0.05) is 12.1 Å². The number of halogens is 3. The topological polar surface area (TPSA) is 46.5 Å². The van der Waals surface area contributed by atoms with Crippen LogP contribution < -0.4 is 4.74 Å². The number of aliphatic carboxylic acids is 1. The van der Waals surface area contributed by atoms with Crippen LogP contribution in [0.15, 0.2) is 24.3 Å². The van der Waals surface area contributed by atoms with Gasteiger partial charge >= 0.3 is 12.1 Å². The van der Waals surface area contributed by atoms with E-state index in [0.29, 0.717) is 5.75 Å². The molecule has 0 aromatic heterocycles. The summed E-state index contributed by atoms with van der Waals surface area (Å²) < 4.78 is 41.7. The van der Waals surface area contributed by atoms with Gasteiger partial charge in [0.25, 0.3) is 0 Å². The van der Waals surface area contributed by atoms with Crippen LogP contribution in [0.4, 0.5) is 13.2 Å². The Morgan fingerprint density at radius 3 is 2.63 bits per heavy atom. The minimum absolute atomic E-state index is 0.0536. The zero-order valence-corrected chi connectivity index (χ0v) is 10.4. The lowest BCUT2D eigenvalue weighted by molar-refractivity contribution is -0.164. The number of rotatable bonds is 6. The van der Waals surface area contributed by atoms with Crippen molar-refractivity contribution in [1.29, 1.82) is 0 Å². The second-order valence-corrected chi connectivity index (χ2v) is 4.24. The lowest BCUT2D eigenvalue weighted by atomic mass is 9.96. The van der Waals surface area contributed by atoms with Crippen molar-refractivity contribution in [2.24, 2.45) is 5.92 Å². The second-order valence-electron chi connectivity index (χ2n) is 4.24. The average Bonchev–Trinajstić information content (AvgIpc) is 2.33. The van der Waals surface area contributed by atoms with Crippen LogP contribution in [0.25, 0.3) is 0 Å². The van der Waals surface area contributed by atoms with Crippen LogP contribution in [0.1, 0.15) is 18.4 Å². The van der Waals surface area contributed by atoms with E-state index in [0.717, 1.165) is 5.56 Å². The number of carbonyl (C=O) groups is 1. The highest BCUT2D eigenvalue weighted by Gasteiger charge is 2.35. The third-order valence-corrected chi connectivity index (χ3v) is 2.74. The van der Waals surface area contributed by atoms with Gasteiger partial charge in [-0.25, -0.2) is 0 Å². The molecule has 0 aliphatic rings. The van der Waals surface area contributed by atoms with E-state index >= 15 is 0 Å². The number of carboxylic acid groups (broad SMARTS) is 1. The molecular weight excluding hydrogens is 261 g/mol. The van der Waals surface area contributed by atoms with Gasteiger partial charge in [0.05, 0.1) is 19.4 Å². The van der Waals surface area contributed by atoms with Crippen molar-refractivity contribution < 1.29 is 27.8 Å². The first-order valence-electron chi connectivity index (χ1n) is 5.74. The summed E-state index contributed by atoms with van der Waals surface area (Å²) in [5.74, 6) is -2.23. The second kappa shape index (κ2) is 6.45. The van der Waals surface area contributed by atoms with Crippen LogP contribution >= 0.6 is 0 Å². The lowest BCUT2D eigenvalue weighted by Gasteiger charge is -2.14.